The van der Waals surface area contributed by atoms with Crippen LogP contribution in [0.25, 0.3) is 23.3 Å². The number of imidazole rings is 1. The van der Waals surface area contributed by atoms with Crippen molar-refractivity contribution in [2.75, 3.05) is 19.6 Å². The van der Waals surface area contributed by atoms with Gasteiger partial charge in [0.2, 0.25) is 0 Å². The van der Waals surface area contributed by atoms with Crippen LogP contribution in [0, 0.1) is 5.82 Å². The lowest BCUT2D eigenvalue weighted by Gasteiger charge is -2.39. The van der Waals surface area contributed by atoms with Gasteiger partial charge in [0, 0.05) is 49.5 Å². The van der Waals surface area contributed by atoms with Crippen molar-refractivity contribution >= 4 is 11.9 Å². The van der Waals surface area contributed by atoms with Gasteiger partial charge in [-0.05, 0) is 36.4 Å². The van der Waals surface area contributed by atoms with Crippen LogP contribution in [0.4, 0.5) is 4.39 Å². The van der Waals surface area contributed by atoms with Gasteiger partial charge in [-0.1, -0.05) is 6.58 Å². The minimum absolute atomic E-state index is 0.184. The first-order chi connectivity index (χ1) is 14.2. The van der Waals surface area contributed by atoms with E-state index in [1.807, 2.05) is 22.9 Å². The number of likely N-dealkylation sites (tertiary alicyclic amines) is 1. The minimum Gasteiger partial charge on any atom is -0.488 e. The molecule has 0 unspecified atom stereocenters. The van der Waals surface area contributed by atoms with Gasteiger partial charge >= 0.3 is 0 Å². The van der Waals surface area contributed by atoms with Crippen LogP contribution < -0.4 is 10.1 Å². The number of nitrogens with zero attached hydrogens (tertiary/aromatic N) is 4. The largest absolute Gasteiger partial charge is 0.488 e. The van der Waals surface area contributed by atoms with Crippen LogP contribution in [0.1, 0.15) is 5.69 Å². The maximum Gasteiger partial charge on any atom is 0.144 e. The summed E-state index contributed by atoms with van der Waals surface area (Å²) in [7, 11) is 0. The number of halogens is 1. The van der Waals surface area contributed by atoms with Gasteiger partial charge in [0.05, 0.1) is 17.6 Å². The first-order valence-electron chi connectivity index (χ1n) is 9.45. The van der Waals surface area contributed by atoms with E-state index in [2.05, 4.69) is 26.8 Å². The third-order valence-corrected chi connectivity index (χ3v) is 5.07. The number of aromatic nitrogens is 3. The second-order valence-electron chi connectivity index (χ2n) is 7.22. The number of nitrogens with one attached hydrogen (secondary N) is 1. The van der Waals surface area contributed by atoms with E-state index >= 15 is 0 Å². The molecular formula is C22H20FN5O. The fourth-order valence-corrected chi connectivity index (χ4v) is 3.63. The van der Waals surface area contributed by atoms with Crippen molar-refractivity contribution in [3.63, 3.8) is 0 Å². The highest BCUT2D eigenvalue weighted by molar-refractivity contribution is 5.72. The molecule has 0 aliphatic carbocycles. The van der Waals surface area contributed by atoms with Crippen LogP contribution >= 0.6 is 0 Å². The Morgan fingerprint density at radius 1 is 1.14 bits per heavy atom. The zero-order valence-electron chi connectivity index (χ0n) is 15.8. The summed E-state index contributed by atoms with van der Waals surface area (Å²) in [5.41, 5.74) is 3.59. The molecule has 2 aliphatic heterocycles. The van der Waals surface area contributed by atoms with E-state index in [9.17, 15) is 4.39 Å². The van der Waals surface area contributed by atoms with Crippen LogP contribution in [0.15, 0.2) is 67.3 Å². The van der Waals surface area contributed by atoms with Crippen molar-refractivity contribution in [1.82, 2.24) is 24.8 Å². The summed E-state index contributed by atoms with van der Waals surface area (Å²) in [5, 5.41) is 3.37. The highest BCUT2D eigenvalue weighted by Crippen LogP contribution is 2.27. The molecule has 1 aromatic carbocycles. The Kier molecular flexibility index (Phi) is 4.37. The van der Waals surface area contributed by atoms with Crippen molar-refractivity contribution in [2.45, 2.75) is 6.10 Å². The van der Waals surface area contributed by atoms with E-state index < -0.39 is 0 Å². The fraction of sp³-hybridized carbons (Fsp3) is 0.182. The van der Waals surface area contributed by atoms with Crippen LogP contribution in [0.2, 0.25) is 0 Å². The SMILES string of the molecule is C=C1NC(CN2CC(Oc3ccncc3)C2)=Cn2c1cnc2-c1ccc(F)cc1. The molecule has 0 radical (unpaired) electrons. The van der Waals surface area contributed by atoms with Gasteiger partial charge in [0.15, 0.2) is 0 Å². The molecule has 3 aromatic rings. The molecular weight excluding hydrogens is 369 g/mol. The molecule has 0 amide bonds. The van der Waals surface area contributed by atoms with Crippen LogP contribution in [0.5, 0.6) is 5.75 Å². The van der Waals surface area contributed by atoms with Crippen molar-refractivity contribution in [3.8, 4) is 17.1 Å². The summed E-state index contributed by atoms with van der Waals surface area (Å²) in [5.74, 6) is 1.35. The van der Waals surface area contributed by atoms with Crippen molar-refractivity contribution in [2.24, 2.45) is 0 Å². The monoisotopic (exact) mass is 389 g/mol. The fourth-order valence-electron chi connectivity index (χ4n) is 3.63. The molecule has 2 aliphatic rings. The standard InChI is InChI=1S/C22H20FN5O/c1-15-21-10-25-22(16-2-4-17(23)5-3-16)28(21)12-18(26-15)11-27-13-20(14-27)29-19-6-8-24-9-7-19/h2-10,12,20,26H,1,11,13-14H2. The molecule has 0 spiro atoms. The average molecular weight is 389 g/mol. The van der Waals surface area contributed by atoms with Gasteiger partial charge in [0.25, 0.3) is 0 Å². The summed E-state index contributed by atoms with van der Waals surface area (Å²) in [6.45, 7) is 6.60. The number of fused-ring (bicyclic) bond motifs is 1. The first kappa shape index (κ1) is 17.6. The van der Waals surface area contributed by atoms with E-state index in [4.69, 9.17) is 4.74 Å². The molecule has 0 saturated carbocycles. The predicted molar refractivity (Wildman–Crippen MR) is 109 cm³/mol. The smallest absolute Gasteiger partial charge is 0.144 e. The Bertz CT molecular complexity index is 1070. The predicted octanol–water partition coefficient (Wildman–Crippen LogP) is 3.22. The lowest BCUT2D eigenvalue weighted by molar-refractivity contribution is 0.0259. The minimum atomic E-state index is -0.261. The van der Waals surface area contributed by atoms with Gasteiger partial charge in [-0.3, -0.25) is 14.5 Å². The van der Waals surface area contributed by atoms with Crippen molar-refractivity contribution < 1.29 is 9.13 Å². The first-order valence-corrected chi connectivity index (χ1v) is 9.45. The van der Waals surface area contributed by atoms with E-state index in [0.29, 0.717) is 0 Å². The second kappa shape index (κ2) is 7.18. The third kappa shape index (κ3) is 3.52. The maximum absolute atomic E-state index is 13.3. The highest BCUT2D eigenvalue weighted by Gasteiger charge is 2.30. The lowest BCUT2D eigenvalue weighted by Crippen LogP contribution is -2.54. The summed E-state index contributed by atoms with van der Waals surface area (Å²) in [4.78, 5) is 10.8. The Balaban J connectivity index is 1.28. The Morgan fingerprint density at radius 3 is 2.66 bits per heavy atom. The lowest BCUT2D eigenvalue weighted by atomic mass is 10.1. The van der Waals surface area contributed by atoms with Gasteiger partial charge < -0.3 is 10.1 Å². The van der Waals surface area contributed by atoms with Crippen LogP contribution in [-0.2, 0) is 0 Å². The highest BCUT2D eigenvalue weighted by atomic mass is 19.1. The summed E-state index contributed by atoms with van der Waals surface area (Å²) >= 11 is 0. The van der Waals surface area contributed by atoms with Gasteiger partial charge in [0.1, 0.15) is 23.5 Å². The van der Waals surface area contributed by atoms with Gasteiger partial charge in [-0.2, -0.15) is 0 Å². The Labute approximate surface area is 168 Å². The third-order valence-electron chi connectivity index (χ3n) is 5.07. The van der Waals surface area contributed by atoms with Gasteiger partial charge in [-0.25, -0.2) is 9.37 Å². The van der Waals surface area contributed by atoms with Crippen LogP contribution in [0.3, 0.4) is 0 Å². The summed E-state index contributed by atoms with van der Waals surface area (Å²) < 4.78 is 21.2. The van der Waals surface area contributed by atoms with Crippen molar-refractivity contribution in [3.05, 3.63) is 78.8 Å². The van der Waals surface area contributed by atoms with E-state index in [1.54, 1.807) is 30.7 Å². The molecule has 4 heterocycles. The molecule has 29 heavy (non-hydrogen) atoms. The molecule has 2 aromatic heterocycles. The van der Waals surface area contributed by atoms with E-state index in [1.165, 1.54) is 12.1 Å². The molecule has 5 rings (SSSR count). The molecule has 6 nitrogen and oxygen atoms in total. The number of rotatable bonds is 5. The second-order valence-corrected chi connectivity index (χ2v) is 7.22. The number of hydrogen-bond donors (Lipinski definition) is 1. The summed E-state index contributed by atoms with van der Waals surface area (Å²) in [6.07, 6.45) is 7.46. The zero-order chi connectivity index (χ0) is 19.8. The molecule has 1 saturated heterocycles. The zero-order valence-corrected chi connectivity index (χ0v) is 15.8. The van der Waals surface area contributed by atoms with Gasteiger partial charge in [-0.15, -0.1) is 0 Å². The number of ether oxygens (including phenoxy) is 1. The molecule has 7 heteroatoms. The topological polar surface area (TPSA) is 55.2 Å². The quantitative estimate of drug-likeness (QED) is 0.726. The molecule has 146 valence electrons. The summed E-state index contributed by atoms with van der Waals surface area (Å²) in [6, 6.07) is 10.1. The number of benzene rings is 1. The number of hydrogen-bond acceptors (Lipinski definition) is 5. The Hall–Kier alpha value is -3.45. The van der Waals surface area contributed by atoms with E-state index in [0.717, 1.165) is 53.9 Å². The Morgan fingerprint density at radius 2 is 1.90 bits per heavy atom. The molecule has 1 fully saturated rings. The number of pyridine rings is 1. The normalized spacial score (nSPS) is 16.6. The van der Waals surface area contributed by atoms with Crippen LogP contribution in [-0.4, -0.2) is 45.2 Å². The average Bonchev–Trinajstić information content (AvgIpc) is 3.12. The molecule has 1 N–H and O–H groups in total. The molecule has 0 bridgehead atoms. The van der Waals surface area contributed by atoms with Crippen molar-refractivity contribution in [1.29, 1.82) is 0 Å². The van der Waals surface area contributed by atoms with E-state index in [-0.39, 0.29) is 11.9 Å². The maximum atomic E-state index is 13.3. The molecule has 0 atom stereocenters.